The molecule has 1 aromatic heterocycles. The van der Waals surface area contributed by atoms with E-state index >= 15 is 0 Å². The second kappa shape index (κ2) is 11.1. The molecule has 1 aliphatic heterocycles. The Balaban J connectivity index is 0.00000320. The number of rotatable bonds is 6. The van der Waals surface area contributed by atoms with Crippen molar-refractivity contribution in [2.75, 3.05) is 13.1 Å². The van der Waals surface area contributed by atoms with Crippen molar-refractivity contribution in [3.05, 3.63) is 47.0 Å². The van der Waals surface area contributed by atoms with Gasteiger partial charge in [0.2, 0.25) is 0 Å². The Bertz CT molecular complexity index is 825. The molecule has 0 aliphatic carbocycles. The number of nitrogens with one attached hydrogen (secondary N) is 2. The van der Waals surface area contributed by atoms with Crippen molar-refractivity contribution >= 4 is 29.9 Å². The molecule has 7 nitrogen and oxygen atoms in total. The van der Waals surface area contributed by atoms with E-state index in [1.165, 1.54) is 18.4 Å². The first-order valence-corrected chi connectivity index (χ1v) is 10.6. The molecule has 1 aliphatic rings. The molecule has 0 radical (unpaired) electrons. The van der Waals surface area contributed by atoms with Crippen LogP contribution in [0.2, 0.25) is 0 Å². The van der Waals surface area contributed by atoms with Gasteiger partial charge < -0.3 is 20.3 Å². The van der Waals surface area contributed by atoms with Crippen LogP contribution in [0, 0.1) is 0 Å². The van der Waals surface area contributed by atoms with Gasteiger partial charge in [0.25, 0.3) is 0 Å². The zero-order valence-electron chi connectivity index (χ0n) is 18.5. The molecule has 1 aromatic carbocycles. The van der Waals surface area contributed by atoms with E-state index < -0.39 is 6.10 Å². The normalized spacial score (nSPS) is 15.2. The number of benzene rings is 1. The van der Waals surface area contributed by atoms with Gasteiger partial charge in [0, 0.05) is 26.1 Å². The first-order chi connectivity index (χ1) is 13.9. The fourth-order valence-electron chi connectivity index (χ4n) is 3.49. The van der Waals surface area contributed by atoms with Gasteiger partial charge in [-0.15, -0.1) is 34.2 Å². The summed E-state index contributed by atoms with van der Waals surface area (Å²) in [5, 5.41) is 25.6. The number of halogens is 1. The number of aliphatic imine (C=N–C) groups is 1. The van der Waals surface area contributed by atoms with Crippen LogP contribution < -0.4 is 10.6 Å². The number of aromatic nitrogens is 3. The lowest BCUT2D eigenvalue weighted by Gasteiger charge is -2.20. The highest BCUT2D eigenvalue weighted by molar-refractivity contribution is 14.0. The molecule has 0 fully saturated rings. The third-order valence-corrected chi connectivity index (χ3v) is 5.28. The molecule has 166 valence electrons. The Kier molecular flexibility index (Phi) is 9.09. The topological polar surface area (TPSA) is 87.4 Å². The van der Waals surface area contributed by atoms with Crippen molar-refractivity contribution in [1.29, 1.82) is 0 Å². The first-order valence-electron chi connectivity index (χ1n) is 10.6. The van der Waals surface area contributed by atoms with Gasteiger partial charge in [0.1, 0.15) is 12.4 Å². The quantitative estimate of drug-likeness (QED) is 0.306. The largest absolute Gasteiger partial charge is 0.387 e. The van der Waals surface area contributed by atoms with Crippen molar-refractivity contribution in [1.82, 2.24) is 25.4 Å². The average Bonchev–Trinajstić information content (AvgIpc) is 3.12. The molecular formula is C22H35IN6O. The van der Waals surface area contributed by atoms with Gasteiger partial charge in [-0.2, -0.15) is 0 Å². The van der Waals surface area contributed by atoms with Crippen LogP contribution in [-0.2, 0) is 24.9 Å². The maximum atomic E-state index is 10.6. The standard InChI is InChI=1S/C22H34N6O.HI/c1-5-23-21(25-15-20-27-26-19-8-6-7-13-28(19)20)24-14-18(29)16-9-11-17(12-10-16)22(2,3)4;/h9-12,18,29H,5-8,13-15H2,1-4H3,(H2,23,24,25);1H. The lowest BCUT2D eigenvalue weighted by Crippen LogP contribution is -2.39. The number of nitrogens with zero attached hydrogens (tertiary/aromatic N) is 4. The summed E-state index contributed by atoms with van der Waals surface area (Å²) in [6, 6.07) is 8.18. The van der Waals surface area contributed by atoms with E-state index in [9.17, 15) is 5.11 Å². The highest BCUT2D eigenvalue weighted by Crippen LogP contribution is 2.23. The Morgan fingerprint density at radius 2 is 1.90 bits per heavy atom. The summed E-state index contributed by atoms with van der Waals surface area (Å²) in [6.07, 6.45) is 2.74. The number of hydrogen-bond donors (Lipinski definition) is 3. The monoisotopic (exact) mass is 526 g/mol. The maximum Gasteiger partial charge on any atom is 0.191 e. The van der Waals surface area contributed by atoms with E-state index in [2.05, 4.69) is 63.3 Å². The summed E-state index contributed by atoms with van der Waals surface area (Å²) >= 11 is 0. The van der Waals surface area contributed by atoms with Gasteiger partial charge in [-0.1, -0.05) is 45.0 Å². The van der Waals surface area contributed by atoms with Crippen LogP contribution >= 0.6 is 24.0 Å². The molecule has 0 spiro atoms. The van der Waals surface area contributed by atoms with Crippen LogP contribution in [0.5, 0.6) is 0 Å². The molecular weight excluding hydrogens is 491 g/mol. The van der Waals surface area contributed by atoms with Crippen molar-refractivity contribution in [2.45, 2.75) is 71.6 Å². The number of hydrogen-bond acceptors (Lipinski definition) is 4. The summed E-state index contributed by atoms with van der Waals surface area (Å²) in [4.78, 5) is 4.64. The summed E-state index contributed by atoms with van der Waals surface area (Å²) < 4.78 is 2.18. The number of fused-ring (bicyclic) bond motifs is 1. The first kappa shape index (κ1) is 24.6. The van der Waals surface area contributed by atoms with E-state index in [1.807, 2.05) is 19.1 Å². The Labute approximate surface area is 196 Å². The van der Waals surface area contributed by atoms with Crippen LogP contribution in [0.1, 0.15) is 69.4 Å². The van der Waals surface area contributed by atoms with Gasteiger partial charge in [-0.3, -0.25) is 0 Å². The van der Waals surface area contributed by atoms with E-state index in [0.29, 0.717) is 19.0 Å². The zero-order chi connectivity index (χ0) is 20.9. The minimum atomic E-state index is -0.603. The number of aryl methyl sites for hydroxylation is 1. The lowest BCUT2D eigenvalue weighted by atomic mass is 9.86. The maximum absolute atomic E-state index is 10.6. The van der Waals surface area contributed by atoms with Crippen LogP contribution in [0.3, 0.4) is 0 Å². The third-order valence-electron chi connectivity index (χ3n) is 5.28. The molecule has 0 bridgehead atoms. The van der Waals surface area contributed by atoms with Gasteiger partial charge in [0.05, 0.1) is 6.10 Å². The van der Waals surface area contributed by atoms with Crippen LogP contribution in [-0.4, -0.2) is 38.9 Å². The molecule has 1 atom stereocenters. The molecule has 30 heavy (non-hydrogen) atoms. The fourth-order valence-corrected chi connectivity index (χ4v) is 3.49. The summed E-state index contributed by atoms with van der Waals surface area (Å²) in [5.74, 6) is 2.63. The van der Waals surface area contributed by atoms with Crippen molar-refractivity contribution < 1.29 is 5.11 Å². The second-order valence-electron chi connectivity index (χ2n) is 8.61. The van der Waals surface area contributed by atoms with Crippen LogP contribution in [0.25, 0.3) is 0 Å². The molecule has 3 N–H and O–H groups in total. The molecule has 0 saturated heterocycles. The minimum absolute atomic E-state index is 0. The van der Waals surface area contributed by atoms with Crippen LogP contribution in [0.4, 0.5) is 0 Å². The predicted octanol–water partition coefficient (Wildman–Crippen LogP) is 3.32. The average molecular weight is 526 g/mol. The van der Waals surface area contributed by atoms with Gasteiger partial charge in [-0.25, -0.2) is 4.99 Å². The number of aliphatic hydroxyl groups excluding tert-OH is 1. The van der Waals surface area contributed by atoms with Crippen molar-refractivity contribution in [3.8, 4) is 0 Å². The second-order valence-corrected chi connectivity index (χ2v) is 8.61. The van der Waals surface area contributed by atoms with E-state index in [0.717, 1.165) is 36.7 Å². The molecule has 8 heteroatoms. The van der Waals surface area contributed by atoms with Gasteiger partial charge >= 0.3 is 0 Å². The number of guanidine groups is 1. The molecule has 1 unspecified atom stereocenters. The van der Waals surface area contributed by atoms with Gasteiger partial charge in [-0.05, 0) is 36.3 Å². The van der Waals surface area contributed by atoms with E-state index in [1.54, 1.807) is 0 Å². The summed E-state index contributed by atoms with van der Waals surface area (Å²) in [5.41, 5.74) is 2.26. The summed E-state index contributed by atoms with van der Waals surface area (Å²) in [6.45, 7) is 11.2. The minimum Gasteiger partial charge on any atom is -0.387 e. The molecule has 0 saturated carbocycles. The zero-order valence-corrected chi connectivity index (χ0v) is 20.8. The van der Waals surface area contributed by atoms with E-state index in [4.69, 9.17) is 0 Å². The molecule has 2 heterocycles. The molecule has 3 rings (SSSR count). The molecule has 2 aromatic rings. The van der Waals surface area contributed by atoms with Crippen LogP contribution in [0.15, 0.2) is 29.3 Å². The SMILES string of the molecule is CCNC(=NCc1nnc2n1CCCC2)NCC(O)c1ccc(C(C)(C)C)cc1.I. The highest BCUT2D eigenvalue weighted by Gasteiger charge is 2.16. The Morgan fingerprint density at radius 3 is 2.57 bits per heavy atom. The van der Waals surface area contributed by atoms with Gasteiger partial charge in [0.15, 0.2) is 11.8 Å². The Hall–Kier alpha value is -1.68. The third kappa shape index (κ3) is 6.41. The lowest BCUT2D eigenvalue weighted by molar-refractivity contribution is 0.181. The predicted molar refractivity (Wildman–Crippen MR) is 131 cm³/mol. The molecule has 0 amide bonds. The number of aliphatic hydroxyl groups is 1. The highest BCUT2D eigenvalue weighted by atomic mass is 127. The fraction of sp³-hybridized carbons (Fsp3) is 0.591. The van der Waals surface area contributed by atoms with Crippen molar-refractivity contribution in [2.24, 2.45) is 4.99 Å². The Morgan fingerprint density at radius 1 is 1.17 bits per heavy atom. The van der Waals surface area contributed by atoms with Crippen molar-refractivity contribution in [3.63, 3.8) is 0 Å². The van der Waals surface area contributed by atoms with E-state index in [-0.39, 0.29) is 29.4 Å². The summed E-state index contributed by atoms with van der Waals surface area (Å²) in [7, 11) is 0. The smallest absolute Gasteiger partial charge is 0.191 e.